The van der Waals surface area contributed by atoms with Gasteiger partial charge in [-0.15, -0.1) is 0 Å². The first-order valence-electron chi connectivity index (χ1n) is 7.65. The van der Waals surface area contributed by atoms with Crippen molar-refractivity contribution in [1.82, 2.24) is 15.3 Å². The third-order valence-corrected chi connectivity index (χ3v) is 3.78. The zero-order chi connectivity index (χ0) is 16.2. The fraction of sp³-hybridized carbons (Fsp3) is 0.353. The van der Waals surface area contributed by atoms with Crippen molar-refractivity contribution in [2.24, 2.45) is 0 Å². The Morgan fingerprint density at radius 2 is 2.17 bits per heavy atom. The fourth-order valence-corrected chi connectivity index (χ4v) is 2.51. The zero-order valence-corrected chi connectivity index (χ0v) is 13.3. The Hall–Kier alpha value is -2.63. The lowest BCUT2D eigenvalue weighted by molar-refractivity contribution is -0.128. The molecular weight excluding hydrogens is 292 g/mol. The van der Waals surface area contributed by atoms with Gasteiger partial charge in [-0.05, 0) is 30.5 Å². The first kappa shape index (κ1) is 15.3. The van der Waals surface area contributed by atoms with Crippen molar-refractivity contribution in [2.75, 3.05) is 19.0 Å². The number of amides is 1. The predicted molar refractivity (Wildman–Crippen MR) is 87.4 cm³/mol. The molecular formula is C17H20N4O2. The lowest BCUT2D eigenvalue weighted by Crippen LogP contribution is -2.40. The molecule has 0 fully saturated rings. The minimum Gasteiger partial charge on any atom is -0.480 e. The number of benzene rings is 1. The molecule has 0 spiro atoms. The van der Waals surface area contributed by atoms with E-state index in [1.165, 1.54) is 0 Å². The van der Waals surface area contributed by atoms with Gasteiger partial charge in [0.05, 0.1) is 6.54 Å². The molecule has 6 nitrogen and oxygen atoms in total. The molecule has 3 rings (SSSR count). The van der Waals surface area contributed by atoms with Crippen LogP contribution in [0.3, 0.4) is 0 Å². The molecule has 0 aliphatic carbocycles. The molecule has 1 aliphatic rings. The predicted octanol–water partition coefficient (Wildman–Crippen LogP) is 1.55. The summed E-state index contributed by atoms with van der Waals surface area (Å²) in [7, 11) is 3.83. The number of anilines is 1. The van der Waals surface area contributed by atoms with Crippen LogP contribution in [0.2, 0.25) is 0 Å². The van der Waals surface area contributed by atoms with Gasteiger partial charge in [0.15, 0.2) is 6.10 Å². The normalized spacial score (nSPS) is 16.2. The number of hydrogen-bond donors (Lipinski definition) is 1. The minimum absolute atomic E-state index is 0.127. The minimum atomic E-state index is -0.457. The molecule has 0 saturated carbocycles. The van der Waals surface area contributed by atoms with Crippen LogP contribution >= 0.6 is 0 Å². The Bertz CT molecular complexity index is 702. The first-order chi connectivity index (χ1) is 11.1. The van der Waals surface area contributed by atoms with Crippen molar-refractivity contribution >= 4 is 11.7 Å². The van der Waals surface area contributed by atoms with Gasteiger partial charge in [-0.3, -0.25) is 4.79 Å². The lowest BCUT2D eigenvalue weighted by atomic mass is 10.0. The van der Waals surface area contributed by atoms with Gasteiger partial charge >= 0.3 is 0 Å². The standard InChI is InChI=1S/C17H20N4O2/c1-21(2)16-9-10-18-15(20-16)11-19-17(22)14-8-7-12-5-3-4-6-13(12)23-14/h3-6,9-10,14H,7-8,11H2,1-2H3,(H,19,22). The molecule has 1 aromatic heterocycles. The molecule has 1 aliphatic heterocycles. The van der Waals surface area contributed by atoms with Crippen molar-refractivity contribution in [3.05, 3.63) is 47.9 Å². The summed E-state index contributed by atoms with van der Waals surface area (Å²) in [5.41, 5.74) is 1.15. The highest BCUT2D eigenvalue weighted by molar-refractivity contribution is 5.81. The average molecular weight is 312 g/mol. The van der Waals surface area contributed by atoms with Crippen molar-refractivity contribution in [3.8, 4) is 5.75 Å². The van der Waals surface area contributed by atoms with Crippen LogP contribution in [0.15, 0.2) is 36.5 Å². The summed E-state index contributed by atoms with van der Waals surface area (Å²) in [4.78, 5) is 22.8. The molecule has 23 heavy (non-hydrogen) atoms. The van der Waals surface area contributed by atoms with Crippen LogP contribution in [0, 0.1) is 0 Å². The summed E-state index contributed by atoms with van der Waals surface area (Å²) in [5.74, 6) is 2.07. The van der Waals surface area contributed by atoms with E-state index in [1.807, 2.05) is 49.3 Å². The highest BCUT2D eigenvalue weighted by Gasteiger charge is 2.25. The summed E-state index contributed by atoms with van der Waals surface area (Å²) in [6.07, 6.45) is 2.77. The summed E-state index contributed by atoms with van der Waals surface area (Å²) < 4.78 is 5.78. The molecule has 2 aromatic rings. The van der Waals surface area contributed by atoms with Gasteiger partial charge in [-0.25, -0.2) is 9.97 Å². The highest BCUT2D eigenvalue weighted by atomic mass is 16.5. The highest BCUT2D eigenvalue weighted by Crippen LogP contribution is 2.27. The van der Waals surface area contributed by atoms with Gasteiger partial charge in [0.1, 0.15) is 17.4 Å². The van der Waals surface area contributed by atoms with Gasteiger partial charge in [0, 0.05) is 20.3 Å². The maximum Gasteiger partial charge on any atom is 0.261 e. The first-order valence-corrected chi connectivity index (χ1v) is 7.65. The third kappa shape index (κ3) is 3.59. The molecule has 0 radical (unpaired) electrons. The van der Waals surface area contributed by atoms with E-state index in [0.29, 0.717) is 18.8 Å². The Labute approximate surface area is 135 Å². The SMILES string of the molecule is CN(C)c1ccnc(CNC(=O)C2CCc3ccccc3O2)n1. The Kier molecular flexibility index (Phi) is 4.41. The third-order valence-electron chi connectivity index (χ3n) is 3.78. The molecule has 0 saturated heterocycles. The van der Waals surface area contributed by atoms with Gasteiger partial charge in [0.2, 0.25) is 0 Å². The van der Waals surface area contributed by atoms with E-state index in [4.69, 9.17) is 4.74 Å². The van der Waals surface area contributed by atoms with Crippen LogP contribution in [-0.4, -0.2) is 36.1 Å². The van der Waals surface area contributed by atoms with E-state index < -0.39 is 6.10 Å². The quantitative estimate of drug-likeness (QED) is 0.928. The number of carbonyl (C=O) groups is 1. The molecule has 1 amide bonds. The average Bonchev–Trinajstić information content (AvgIpc) is 2.59. The van der Waals surface area contributed by atoms with E-state index in [9.17, 15) is 4.79 Å². The number of nitrogens with one attached hydrogen (secondary N) is 1. The molecule has 6 heteroatoms. The Morgan fingerprint density at radius 1 is 1.35 bits per heavy atom. The second-order valence-corrected chi connectivity index (χ2v) is 5.70. The molecule has 120 valence electrons. The number of aromatic nitrogens is 2. The summed E-state index contributed by atoms with van der Waals surface area (Å²) >= 11 is 0. The van der Waals surface area contributed by atoms with Gasteiger partial charge in [0.25, 0.3) is 5.91 Å². The lowest BCUT2D eigenvalue weighted by Gasteiger charge is -2.25. The van der Waals surface area contributed by atoms with Crippen molar-refractivity contribution in [1.29, 1.82) is 0 Å². The molecule has 1 atom stereocenters. The second-order valence-electron chi connectivity index (χ2n) is 5.70. The van der Waals surface area contributed by atoms with E-state index in [0.717, 1.165) is 23.6 Å². The number of aryl methyl sites for hydroxylation is 1. The van der Waals surface area contributed by atoms with Crippen LogP contribution in [0.4, 0.5) is 5.82 Å². The van der Waals surface area contributed by atoms with E-state index in [-0.39, 0.29) is 5.91 Å². The van der Waals surface area contributed by atoms with Gasteiger partial charge in [-0.1, -0.05) is 18.2 Å². The van der Waals surface area contributed by atoms with Crippen LogP contribution in [0.5, 0.6) is 5.75 Å². The van der Waals surface area contributed by atoms with Gasteiger partial charge < -0.3 is 15.0 Å². The van der Waals surface area contributed by atoms with E-state index >= 15 is 0 Å². The zero-order valence-electron chi connectivity index (χ0n) is 13.3. The fourth-order valence-electron chi connectivity index (χ4n) is 2.51. The maximum atomic E-state index is 12.3. The van der Waals surface area contributed by atoms with Crippen molar-refractivity contribution in [3.63, 3.8) is 0 Å². The number of carbonyl (C=O) groups excluding carboxylic acids is 1. The van der Waals surface area contributed by atoms with E-state index in [1.54, 1.807) is 6.20 Å². The molecule has 0 bridgehead atoms. The Balaban J connectivity index is 1.59. The maximum absolute atomic E-state index is 12.3. The number of hydrogen-bond acceptors (Lipinski definition) is 5. The van der Waals surface area contributed by atoms with E-state index in [2.05, 4.69) is 15.3 Å². The van der Waals surface area contributed by atoms with Crippen LogP contribution < -0.4 is 15.0 Å². The van der Waals surface area contributed by atoms with Crippen LogP contribution in [-0.2, 0) is 17.8 Å². The van der Waals surface area contributed by atoms with Crippen molar-refractivity contribution < 1.29 is 9.53 Å². The number of para-hydroxylation sites is 1. The molecule has 2 heterocycles. The Morgan fingerprint density at radius 3 is 3.00 bits per heavy atom. The van der Waals surface area contributed by atoms with Crippen molar-refractivity contribution in [2.45, 2.75) is 25.5 Å². The summed E-state index contributed by atoms with van der Waals surface area (Å²) in [6, 6.07) is 9.66. The molecule has 1 aromatic carbocycles. The smallest absolute Gasteiger partial charge is 0.261 e. The number of ether oxygens (including phenoxy) is 1. The topological polar surface area (TPSA) is 67.4 Å². The monoisotopic (exact) mass is 312 g/mol. The van der Waals surface area contributed by atoms with Crippen LogP contribution in [0.1, 0.15) is 17.8 Å². The molecule has 1 N–H and O–H groups in total. The van der Waals surface area contributed by atoms with Gasteiger partial charge in [-0.2, -0.15) is 0 Å². The summed E-state index contributed by atoms with van der Waals surface area (Å²) in [5, 5.41) is 2.86. The number of rotatable bonds is 4. The number of fused-ring (bicyclic) bond motifs is 1. The largest absolute Gasteiger partial charge is 0.480 e. The second kappa shape index (κ2) is 6.64. The summed E-state index contributed by atoms with van der Waals surface area (Å²) in [6.45, 7) is 0.294. The van der Waals surface area contributed by atoms with Crippen LogP contribution in [0.25, 0.3) is 0 Å². The number of nitrogens with zero attached hydrogens (tertiary/aromatic N) is 3. The molecule has 1 unspecified atom stereocenters.